The molecule has 1 heteroatoms. The van der Waals surface area contributed by atoms with Crippen molar-refractivity contribution >= 4 is 0 Å². The first-order valence-electron chi connectivity index (χ1n) is 13.0. The molecule has 0 aliphatic rings. The SMILES string of the molecule is Cc1cccc(-c2cccc(-c3cc(-c4ccccc4)nc(-c4cccc(-c5cccc(C)c5)c4)c3)c2)c1. The summed E-state index contributed by atoms with van der Waals surface area (Å²) < 4.78 is 0. The van der Waals surface area contributed by atoms with E-state index in [1.807, 2.05) is 6.07 Å². The van der Waals surface area contributed by atoms with E-state index in [2.05, 4.69) is 147 Å². The van der Waals surface area contributed by atoms with Crippen molar-refractivity contribution in [2.75, 3.05) is 0 Å². The lowest BCUT2D eigenvalue weighted by molar-refractivity contribution is 1.32. The molecular weight excluding hydrogens is 458 g/mol. The van der Waals surface area contributed by atoms with E-state index in [4.69, 9.17) is 4.98 Å². The summed E-state index contributed by atoms with van der Waals surface area (Å²) in [4.78, 5) is 5.14. The highest BCUT2D eigenvalue weighted by atomic mass is 14.7. The van der Waals surface area contributed by atoms with E-state index in [0.717, 1.165) is 28.1 Å². The summed E-state index contributed by atoms with van der Waals surface area (Å²) in [5.74, 6) is 0. The van der Waals surface area contributed by atoms with Crippen LogP contribution in [0.1, 0.15) is 11.1 Å². The van der Waals surface area contributed by atoms with E-state index < -0.39 is 0 Å². The molecule has 6 aromatic rings. The minimum atomic E-state index is 0.969. The molecule has 0 unspecified atom stereocenters. The summed E-state index contributed by atoms with van der Waals surface area (Å²) in [6.07, 6.45) is 0. The van der Waals surface area contributed by atoms with E-state index in [1.54, 1.807) is 0 Å². The fourth-order valence-corrected chi connectivity index (χ4v) is 4.99. The number of nitrogens with zero attached hydrogens (tertiary/aromatic N) is 1. The molecule has 1 aromatic heterocycles. The van der Waals surface area contributed by atoms with Gasteiger partial charge in [0, 0.05) is 11.1 Å². The highest BCUT2D eigenvalue weighted by Crippen LogP contribution is 2.34. The molecule has 6 rings (SSSR count). The van der Waals surface area contributed by atoms with Crippen LogP contribution in [0.2, 0.25) is 0 Å². The Morgan fingerprint density at radius 1 is 0.316 bits per heavy atom. The van der Waals surface area contributed by atoms with Crippen LogP contribution >= 0.6 is 0 Å². The van der Waals surface area contributed by atoms with Gasteiger partial charge in [0.05, 0.1) is 11.4 Å². The van der Waals surface area contributed by atoms with Crippen LogP contribution in [-0.4, -0.2) is 4.98 Å². The first kappa shape index (κ1) is 23.6. The molecule has 0 radical (unpaired) electrons. The number of pyridine rings is 1. The lowest BCUT2D eigenvalue weighted by Gasteiger charge is -2.12. The molecule has 0 aliphatic carbocycles. The van der Waals surface area contributed by atoms with Crippen LogP contribution in [0.4, 0.5) is 0 Å². The first-order chi connectivity index (χ1) is 18.6. The number of hydrogen-bond acceptors (Lipinski definition) is 1. The maximum Gasteiger partial charge on any atom is 0.0715 e. The molecule has 0 amide bonds. The summed E-state index contributed by atoms with van der Waals surface area (Å²) in [7, 11) is 0. The second-order valence-electron chi connectivity index (χ2n) is 9.89. The van der Waals surface area contributed by atoms with Gasteiger partial charge in [0.25, 0.3) is 0 Å². The van der Waals surface area contributed by atoms with E-state index >= 15 is 0 Å². The number of rotatable bonds is 5. The van der Waals surface area contributed by atoms with Gasteiger partial charge in [-0.25, -0.2) is 4.98 Å². The maximum atomic E-state index is 5.14. The predicted octanol–water partition coefficient (Wildman–Crippen LogP) is 10.0. The molecule has 0 saturated heterocycles. The van der Waals surface area contributed by atoms with Gasteiger partial charge in [-0.05, 0) is 71.5 Å². The number of aromatic nitrogens is 1. The summed E-state index contributed by atoms with van der Waals surface area (Å²) in [5, 5.41) is 0. The first-order valence-corrected chi connectivity index (χ1v) is 13.0. The van der Waals surface area contributed by atoms with Crippen molar-refractivity contribution in [2.45, 2.75) is 13.8 Å². The van der Waals surface area contributed by atoms with Gasteiger partial charge < -0.3 is 0 Å². The van der Waals surface area contributed by atoms with Gasteiger partial charge in [0.2, 0.25) is 0 Å². The third kappa shape index (κ3) is 5.05. The van der Waals surface area contributed by atoms with Crippen LogP contribution < -0.4 is 0 Å². The molecule has 38 heavy (non-hydrogen) atoms. The van der Waals surface area contributed by atoms with E-state index in [0.29, 0.717) is 0 Å². The van der Waals surface area contributed by atoms with Gasteiger partial charge in [-0.2, -0.15) is 0 Å². The van der Waals surface area contributed by atoms with Crippen molar-refractivity contribution in [2.24, 2.45) is 0 Å². The van der Waals surface area contributed by atoms with Crippen LogP contribution in [0.3, 0.4) is 0 Å². The van der Waals surface area contributed by atoms with Crippen molar-refractivity contribution in [3.05, 3.63) is 151 Å². The average molecular weight is 488 g/mol. The average Bonchev–Trinajstić information content (AvgIpc) is 2.97. The molecule has 0 atom stereocenters. The molecule has 1 nitrogen and oxygen atoms in total. The lowest BCUT2D eigenvalue weighted by Crippen LogP contribution is -1.92. The molecule has 0 N–H and O–H groups in total. The van der Waals surface area contributed by atoms with Crippen LogP contribution in [0.25, 0.3) is 55.9 Å². The minimum Gasteiger partial charge on any atom is -0.248 e. The Morgan fingerprint density at radius 3 is 1.26 bits per heavy atom. The lowest BCUT2D eigenvalue weighted by atomic mass is 9.95. The summed E-state index contributed by atoms with van der Waals surface area (Å²) in [5.41, 5.74) is 13.9. The largest absolute Gasteiger partial charge is 0.248 e. The van der Waals surface area contributed by atoms with Crippen molar-refractivity contribution in [1.82, 2.24) is 4.98 Å². The predicted molar refractivity (Wildman–Crippen MR) is 161 cm³/mol. The second-order valence-corrected chi connectivity index (χ2v) is 9.89. The normalized spacial score (nSPS) is 10.9. The van der Waals surface area contributed by atoms with Gasteiger partial charge in [-0.3, -0.25) is 0 Å². The zero-order valence-corrected chi connectivity index (χ0v) is 21.7. The van der Waals surface area contributed by atoms with Gasteiger partial charge in [0.15, 0.2) is 0 Å². The zero-order chi connectivity index (χ0) is 25.9. The Hall–Kier alpha value is -4.75. The van der Waals surface area contributed by atoms with Gasteiger partial charge in [0.1, 0.15) is 0 Å². The van der Waals surface area contributed by atoms with Crippen LogP contribution in [0, 0.1) is 13.8 Å². The molecule has 0 fully saturated rings. The molecule has 0 spiro atoms. The fourth-order valence-electron chi connectivity index (χ4n) is 4.99. The number of aryl methyl sites for hydroxylation is 2. The van der Waals surface area contributed by atoms with Crippen molar-refractivity contribution < 1.29 is 0 Å². The third-order valence-electron chi connectivity index (χ3n) is 6.95. The van der Waals surface area contributed by atoms with Crippen molar-refractivity contribution in [3.63, 3.8) is 0 Å². The van der Waals surface area contributed by atoms with Gasteiger partial charge >= 0.3 is 0 Å². The minimum absolute atomic E-state index is 0.969. The zero-order valence-electron chi connectivity index (χ0n) is 21.7. The standard InChI is InChI=1S/C37H29N/c1-26-10-6-14-29(20-26)31-16-8-18-33(22-31)35-24-36(28-12-4-3-5-13-28)38-37(25-35)34-19-9-17-32(23-34)30-15-7-11-27(2)21-30/h3-25H,1-2H3. The number of hydrogen-bond donors (Lipinski definition) is 0. The molecule has 1 heterocycles. The summed E-state index contributed by atoms with van der Waals surface area (Å²) in [6.45, 7) is 4.27. The quantitative estimate of drug-likeness (QED) is 0.236. The van der Waals surface area contributed by atoms with E-state index in [-0.39, 0.29) is 0 Å². The highest BCUT2D eigenvalue weighted by molar-refractivity contribution is 5.80. The second kappa shape index (κ2) is 10.3. The van der Waals surface area contributed by atoms with E-state index in [9.17, 15) is 0 Å². The topological polar surface area (TPSA) is 12.9 Å². The number of benzene rings is 5. The van der Waals surface area contributed by atoms with Crippen LogP contribution in [-0.2, 0) is 0 Å². The van der Waals surface area contributed by atoms with Gasteiger partial charge in [-0.1, -0.05) is 126 Å². The molecular formula is C37H29N. The van der Waals surface area contributed by atoms with Crippen molar-refractivity contribution in [1.29, 1.82) is 0 Å². The fraction of sp³-hybridized carbons (Fsp3) is 0.0541. The van der Waals surface area contributed by atoms with Gasteiger partial charge in [-0.15, -0.1) is 0 Å². The summed E-state index contributed by atoms with van der Waals surface area (Å²) in [6, 6.07) is 49.7. The molecule has 0 bridgehead atoms. The highest BCUT2D eigenvalue weighted by Gasteiger charge is 2.11. The molecule has 0 saturated carbocycles. The smallest absolute Gasteiger partial charge is 0.0715 e. The Labute approximate surface area is 225 Å². The monoisotopic (exact) mass is 487 g/mol. The Bertz CT molecular complexity index is 1620. The van der Waals surface area contributed by atoms with Crippen LogP contribution in [0.15, 0.2) is 140 Å². The van der Waals surface area contributed by atoms with Crippen molar-refractivity contribution in [3.8, 4) is 55.9 Å². The Balaban J connectivity index is 1.49. The van der Waals surface area contributed by atoms with Crippen LogP contribution in [0.5, 0.6) is 0 Å². The molecule has 5 aromatic carbocycles. The summed E-state index contributed by atoms with van der Waals surface area (Å²) >= 11 is 0. The van der Waals surface area contributed by atoms with E-state index in [1.165, 1.54) is 38.9 Å². The Morgan fingerprint density at radius 2 is 0.711 bits per heavy atom. The third-order valence-corrected chi connectivity index (χ3v) is 6.95. The molecule has 0 aliphatic heterocycles. The Kier molecular flexibility index (Phi) is 6.42. The maximum absolute atomic E-state index is 5.14. The molecule has 182 valence electrons.